The maximum absolute atomic E-state index is 2.29. The van der Waals surface area contributed by atoms with Crippen LogP contribution in [-0.4, -0.2) is 14.1 Å². The van der Waals surface area contributed by atoms with Gasteiger partial charge in [-0.3, -0.25) is 0 Å². The lowest BCUT2D eigenvalue weighted by atomic mass is 9.79. The van der Waals surface area contributed by atoms with Gasteiger partial charge in [-0.25, -0.2) is 0 Å². The third kappa shape index (κ3) is 2.86. The quantitative estimate of drug-likeness (QED) is 0.370. The molecular weight excluding hydrogens is 362 g/mol. The molecule has 4 aromatic rings. The Bertz CT molecular complexity index is 1120. The van der Waals surface area contributed by atoms with Crippen LogP contribution in [0.3, 0.4) is 0 Å². The van der Waals surface area contributed by atoms with E-state index >= 15 is 0 Å². The summed E-state index contributed by atoms with van der Waals surface area (Å²) in [5, 5.41) is 0. The van der Waals surface area contributed by atoms with E-state index in [1.165, 1.54) is 39.1 Å². The molecule has 0 heterocycles. The molecule has 1 nitrogen and oxygen atoms in total. The number of benzene rings is 4. The van der Waals surface area contributed by atoms with E-state index in [0.29, 0.717) is 0 Å². The molecule has 0 N–H and O–H groups in total. The normalized spacial score (nSPS) is 14.5. The SMILES string of the molecule is CN(C)c1ccc(C2(c3ccccc3)C(c3ccccc3)=C2c2ccccc2)cc1. The topological polar surface area (TPSA) is 3.24 Å². The second-order valence-corrected chi connectivity index (χ2v) is 8.04. The van der Waals surface area contributed by atoms with Crippen molar-refractivity contribution in [3.05, 3.63) is 138 Å². The van der Waals surface area contributed by atoms with Gasteiger partial charge in [-0.15, -0.1) is 0 Å². The van der Waals surface area contributed by atoms with Crippen molar-refractivity contribution in [3.8, 4) is 0 Å². The van der Waals surface area contributed by atoms with Crippen LogP contribution in [0.1, 0.15) is 22.3 Å². The summed E-state index contributed by atoms with van der Waals surface area (Å²) in [4.78, 5) is 2.15. The molecule has 0 aliphatic heterocycles. The monoisotopic (exact) mass is 387 g/mol. The highest BCUT2D eigenvalue weighted by atomic mass is 15.1. The van der Waals surface area contributed by atoms with E-state index in [2.05, 4.69) is 134 Å². The first kappa shape index (κ1) is 18.4. The number of rotatable bonds is 5. The van der Waals surface area contributed by atoms with Crippen LogP contribution >= 0.6 is 0 Å². The molecule has 1 aliphatic rings. The molecule has 146 valence electrons. The van der Waals surface area contributed by atoms with Crippen LogP contribution in [-0.2, 0) is 5.41 Å². The Morgan fingerprint density at radius 1 is 0.467 bits per heavy atom. The van der Waals surface area contributed by atoms with E-state index in [1.807, 2.05) is 0 Å². The number of hydrogen-bond donors (Lipinski definition) is 0. The van der Waals surface area contributed by atoms with Gasteiger partial charge in [-0.1, -0.05) is 103 Å². The zero-order chi connectivity index (χ0) is 20.6. The second kappa shape index (κ2) is 7.35. The highest BCUT2D eigenvalue weighted by molar-refractivity contribution is 6.21. The van der Waals surface area contributed by atoms with E-state index in [0.717, 1.165) is 0 Å². The molecule has 30 heavy (non-hydrogen) atoms. The largest absolute Gasteiger partial charge is 0.378 e. The van der Waals surface area contributed by atoms with Crippen LogP contribution in [0.4, 0.5) is 5.69 Å². The van der Waals surface area contributed by atoms with Gasteiger partial charge in [0, 0.05) is 19.8 Å². The van der Waals surface area contributed by atoms with Crippen molar-refractivity contribution in [1.82, 2.24) is 0 Å². The third-order valence-corrected chi connectivity index (χ3v) is 6.09. The minimum absolute atomic E-state index is 0.227. The van der Waals surface area contributed by atoms with Gasteiger partial charge < -0.3 is 4.90 Å². The fourth-order valence-corrected chi connectivity index (χ4v) is 4.65. The van der Waals surface area contributed by atoms with E-state index in [4.69, 9.17) is 0 Å². The van der Waals surface area contributed by atoms with Gasteiger partial charge in [0.1, 0.15) is 0 Å². The van der Waals surface area contributed by atoms with Crippen molar-refractivity contribution in [2.45, 2.75) is 5.41 Å². The second-order valence-electron chi connectivity index (χ2n) is 8.04. The number of allylic oxidation sites excluding steroid dienone is 2. The highest BCUT2D eigenvalue weighted by Gasteiger charge is 2.56. The summed E-state index contributed by atoms with van der Waals surface area (Å²) in [6.45, 7) is 0. The Hall–Kier alpha value is -3.58. The van der Waals surface area contributed by atoms with Crippen molar-refractivity contribution >= 4 is 16.8 Å². The highest BCUT2D eigenvalue weighted by Crippen LogP contribution is 2.67. The van der Waals surface area contributed by atoms with Crippen LogP contribution in [0, 0.1) is 0 Å². The molecule has 0 spiro atoms. The predicted molar refractivity (Wildman–Crippen MR) is 128 cm³/mol. The fraction of sp³-hybridized carbons (Fsp3) is 0.103. The lowest BCUT2D eigenvalue weighted by Crippen LogP contribution is -2.16. The van der Waals surface area contributed by atoms with Gasteiger partial charge in [0.25, 0.3) is 0 Å². The Kier molecular flexibility index (Phi) is 4.52. The minimum atomic E-state index is -0.227. The van der Waals surface area contributed by atoms with E-state index in [-0.39, 0.29) is 5.41 Å². The number of nitrogens with zero attached hydrogens (tertiary/aromatic N) is 1. The summed E-state index contributed by atoms with van der Waals surface area (Å²) >= 11 is 0. The molecule has 0 fully saturated rings. The molecule has 0 atom stereocenters. The van der Waals surface area contributed by atoms with Gasteiger partial charge in [0.2, 0.25) is 0 Å². The molecule has 0 saturated carbocycles. The first-order valence-electron chi connectivity index (χ1n) is 10.4. The molecule has 4 aromatic carbocycles. The molecule has 0 unspecified atom stereocenters. The zero-order valence-corrected chi connectivity index (χ0v) is 17.4. The summed E-state index contributed by atoms with van der Waals surface area (Å²) in [6.07, 6.45) is 0. The van der Waals surface area contributed by atoms with Crippen molar-refractivity contribution < 1.29 is 0 Å². The smallest absolute Gasteiger partial charge is 0.0720 e. The number of anilines is 1. The van der Waals surface area contributed by atoms with Crippen LogP contribution in [0.15, 0.2) is 115 Å². The summed E-state index contributed by atoms with van der Waals surface area (Å²) in [5.74, 6) is 0. The van der Waals surface area contributed by atoms with Crippen LogP contribution in [0.25, 0.3) is 11.1 Å². The molecule has 0 amide bonds. The van der Waals surface area contributed by atoms with Crippen molar-refractivity contribution in [2.24, 2.45) is 0 Å². The molecule has 1 aliphatic carbocycles. The van der Waals surface area contributed by atoms with Crippen molar-refractivity contribution in [2.75, 3.05) is 19.0 Å². The van der Waals surface area contributed by atoms with Crippen molar-refractivity contribution in [1.29, 1.82) is 0 Å². The van der Waals surface area contributed by atoms with E-state index in [9.17, 15) is 0 Å². The minimum Gasteiger partial charge on any atom is -0.378 e. The lowest BCUT2D eigenvalue weighted by Gasteiger charge is -2.24. The first-order chi connectivity index (χ1) is 14.7. The first-order valence-corrected chi connectivity index (χ1v) is 10.4. The third-order valence-electron chi connectivity index (χ3n) is 6.09. The molecule has 1 heteroatoms. The van der Waals surface area contributed by atoms with Gasteiger partial charge >= 0.3 is 0 Å². The van der Waals surface area contributed by atoms with E-state index < -0.39 is 0 Å². The maximum atomic E-state index is 2.29. The van der Waals surface area contributed by atoms with Gasteiger partial charge in [0.15, 0.2) is 0 Å². The average Bonchev–Trinajstić information content (AvgIpc) is 3.52. The summed E-state index contributed by atoms with van der Waals surface area (Å²) in [7, 11) is 4.17. The molecular formula is C29H25N. The maximum Gasteiger partial charge on any atom is 0.0720 e. The number of hydrogen-bond acceptors (Lipinski definition) is 1. The Morgan fingerprint density at radius 2 is 0.867 bits per heavy atom. The molecule has 0 radical (unpaired) electrons. The zero-order valence-electron chi connectivity index (χ0n) is 17.4. The summed E-state index contributed by atoms with van der Waals surface area (Å²) in [5.41, 5.74) is 9.00. The van der Waals surface area contributed by atoms with E-state index in [1.54, 1.807) is 0 Å². The molecule has 0 aromatic heterocycles. The lowest BCUT2D eigenvalue weighted by molar-refractivity contribution is 0.955. The molecule has 0 bridgehead atoms. The fourth-order valence-electron chi connectivity index (χ4n) is 4.65. The Morgan fingerprint density at radius 3 is 1.30 bits per heavy atom. The Labute approximate surface area is 178 Å². The molecule has 0 saturated heterocycles. The average molecular weight is 388 g/mol. The van der Waals surface area contributed by atoms with Crippen LogP contribution in [0.2, 0.25) is 0 Å². The summed E-state index contributed by atoms with van der Waals surface area (Å²) < 4.78 is 0. The standard InChI is InChI=1S/C29H25N/c1-30(2)26-20-18-25(19-21-26)29(24-16-10-5-11-17-24)27(22-12-6-3-7-13-22)28(29)23-14-8-4-9-15-23/h3-21H,1-2H3. The predicted octanol–water partition coefficient (Wildman–Crippen LogP) is 6.66. The molecule has 5 rings (SSSR count). The van der Waals surface area contributed by atoms with Gasteiger partial charge in [-0.05, 0) is 45.5 Å². The van der Waals surface area contributed by atoms with Crippen LogP contribution in [0.5, 0.6) is 0 Å². The summed E-state index contributed by atoms with van der Waals surface area (Å²) in [6, 6.07) is 41.6. The van der Waals surface area contributed by atoms with Crippen molar-refractivity contribution in [3.63, 3.8) is 0 Å². The van der Waals surface area contributed by atoms with Gasteiger partial charge in [-0.2, -0.15) is 0 Å². The van der Waals surface area contributed by atoms with Crippen LogP contribution < -0.4 is 4.90 Å². The Balaban J connectivity index is 1.76. The van der Waals surface area contributed by atoms with Gasteiger partial charge in [0.05, 0.1) is 5.41 Å².